The number of alkyl halides is 2. The lowest BCUT2D eigenvalue weighted by molar-refractivity contribution is 0.0621. The van der Waals surface area contributed by atoms with Gasteiger partial charge in [-0.3, -0.25) is 9.78 Å². The Labute approximate surface area is 105 Å². The van der Waals surface area contributed by atoms with Crippen LogP contribution >= 0.6 is 0 Å². The number of carbonyl (C=O) groups is 1. The molecule has 1 heterocycles. The average molecular weight is 257 g/mol. The standard InChI is InChI=1S/C12H17F2N3O/c1-3-5-16-10-7-15-6-4-9(10)12(18)17(2)8-11(13)14/h4,6-7,11,16H,3,5,8H2,1-2H3. The van der Waals surface area contributed by atoms with E-state index in [0.717, 1.165) is 11.3 Å². The van der Waals surface area contributed by atoms with Crippen molar-refractivity contribution in [1.29, 1.82) is 0 Å². The highest BCUT2D eigenvalue weighted by atomic mass is 19.3. The van der Waals surface area contributed by atoms with E-state index >= 15 is 0 Å². The highest BCUT2D eigenvalue weighted by Gasteiger charge is 2.18. The predicted molar refractivity (Wildman–Crippen MR) is 66.0 cm³/mol. The maximum absolute atomic E-state index is 12.2. The number of aromatic nitrogens is 1. The van der Waals surface area contributed by atoms with Crippen LogP contribution in [-0.4, -0.2) is 42.4 Å². The van der Waals surface area contributed by atoms with Crippen molar-refractivity contribution in [2.75, 3.05) is 25.5 Å². The van der Waals surface area contributed by atoms with Gasteiger partial charge in [-0.2, -0.15) is 0 Å². The van der Waals surface area contributed by atoms with Crippen molar-refractivity contribution in [1.82, 2.24) is 9.88 Å². The molecular formula is C12H17F2N3O. The van der Waals surface area contributed by atoms with Crippen molar-refractivity contribution in [2.45, 2.75) is 19.8 Å². The minimum Gasteiger partial charge on any atom is -0.383 e. The van der Waals surface area contributed by atoms with Crippen molar-refractivity contribution in [2.24, 2.45) is 0 Å². The van der Waals surface area contributed by atoms with Crippen LogP contribution < -0.4 is 5.32 Å². The third kappa shape index (κ3) is 3.94. The number of carbonyl (C=O) groups excluding carboxylic acids is 1. The Morgan fingerprint density at radius 1 is 1.56 bits per heavy atom. The van der Waals surface area contributed by atoms with Crippen molar-refractivity contribution in [3.63, 3.8) is 0 Å². The minimum absolute atomic E-state index is 0.363. The van der Waals surface area contributed by atoms with E-state index in [2.05, 4.69) is 10.3 Å². The molecule has 1 rings (SSSR count). The fourth-order valence-corrected chi connectivity index (χ4v) is 1.48. The summed E-state index contributed by atoms with van der Waals surface area (Å²) in [4.78, 5) is 16.9. The fraction of sp³-hybridized carbons (Fsp3) is 0.500. The molecule has 1 amide bonds. The van der Waals surface area contributed by atoms with E-state index in [1.54, 1.807) is 0 Å². The van der Waals surface area contributed by atoms with E-state index in [9.17, 15) is 13.6 Å². The van der Waals surface area contributed by atoms with Gasteiger partial charge in [0.25, 0.3) is 12.3 Å². The highest BCUT2D eigenvalue weighted by Crippen LogP contribution is 2.15. The first-order valence-corrected chi connectivity index (χ1v) is 5.77. The maximum Gasteiger partial charge on any atom is 0.256 e. The van der Waals surface area contributed by atoms with Crippen molar-refractivity contribution >= 4 is 11.6 Å². The molecular weight excluding hydrogens is 240 g/mol. The number of hydrogen-bond acceptors (Lipinski definition) is 3. The van der Waals surface area contributed by atoms with Crippen molar-refractivity contribution < 1.29 is 13.6 Å². The van der Waals surface area contributed by atoms with Gasteiger partial charge in [-0.1, -0.05) is 6.92 Å². The minimum atomic E-state index is -2.53. The molecule has 1 aromatic rings. The molecule has 0 radical (unpaired) electrons. The second-order valence-electron chi connectivity index (χ2n) is 3.92. The number of amides is 1. The van der Waals surface area contributed by atoms with Gasteiger partial charge in [-0.05, 0) is 12.5 Å². The molecule has 6 heteroatoms. The Morgan fingerprint density at radius 3 is 2.89 bits per heavy atom. The molecule has 1 N–H and O–H groups in total. The van der Waals surface area contributed by atoms with Gasteiger partial charge < -0.3 is 10.2 Å². The molecule has 100 valence electrons. The molecule has 0 saturated heterocycles. The SMILES string of the molecule is CCCNc1cnccc1C(=O)N(C)CC(F)F. The summed E-state index contributed by atoms with van der Waals surface area (Å²) in [7, 11) is 1.36. The zero-order valence-electron chi connectivity index (χ0n) is 10.5. The van der Waals surface area contributed by atoms with E-state index < -0.39 is 18.9 Å². The van der Waals surface area contributed by atoms with Gasteiger partial charge in [0.05, 0.1) is 24.0 Å². The van der Waals surface area contributed by atoms with Gasteiger partial charge in [-0.25, -0.2) is 8.78 Å². The summed E-state index contributed by atoms with van der Waals surface area (Å²) in [5.41, 5.74) is 0.937. The van der Waals surface area contributed by atoms with Crippen LogP contribution in [0.4, 0.5) is 14.5 Å². The quantitative estimate of drug-likeness (QED) is 0.850. The summed E-state index contributed by atoms with van der Waals surface area (Å²) in [6.45, 7) is 2.12. The first-order chi connectivity index (χ1) is 8.56. The third-order valence-corrected chi connectivity index (χ3v) is 2.38. The topological polar surface area (TPSA) is 45.2 Å². The average Bonchev–Trinajstić information content (AvgIpc) is 2.35. The Balaban J connectivity index is 2.84. The van der Waals surface area contributed by atoms with Crippen LogP contribution in [0.5, 0.6) is 0 Å². The molecule has 0 aliphatic rings. The zero-order chi connectivity index (χ0) is 13.5. The van der Waals surface area contributed by atoms with Crippen LogP contribution in [0.1, 0.15) is 23.7 Å². The molecule has 0 aliphatic heterocycles. The van der Waals surface area contributed by atoms with Crippen LogP contribution in [-0.2, 0) is 0 Å². The lowest BCUT2D eigenvalue weighted by Crippen LogP contribution is -2.31. The molecule has 1 aromatic heterocycles. The molecule has 0 aromatic carbocycles. The van der Waals surface area contributed by atoms with E-state index in [4.69, 9.17) is 0 Å². The van der Waals surface area contributed by atoms with Crippen LogP contribution in [0.25, 0.3) is 0 Å². The van der Waals surface area contributed by atoms with Crippen molar-refractivity contribution in [3.8, 4) is 0 Å². The van der Waals surface area contributed by atoms with E-state index in [1.165, 1.54) is 25.5 Å². The summed E-state index contributed by atoms with van der Waals surface area (Å²) in [5, 5.41) is 3.05. The Bertz CT molecular complexity index is 399. The van der Waals surface area contributed by atoms with Gasteiger partial charge >= 0.3 is 0 Å². The number of hydrogen-bond donors (Lipinski definition) is 1. The van der Waals surface area contributed by atoms with Crippen molar-refractivity contribution in [3.05, 3.63) is 24.0 Å². The number of halogens is 2. The van der Waals surface area contributed by atoms with Gasteiger partial charge in [0, 0.05) is 19.8 Å². The van der Waals surface area contributed by atoms with Crippen LogP contribution in [0.3, 0.4) is 0 Å². The number of anilines is 1. The van der Waals surface area contributed by atoms with Gasteiger partial charge in [0.15, 0.2) is 0 Å². The van der Waals surface area contributed by atoms with Gasteiger partial charge in [0.1, 0.15) is 0 Å². The summed E-state index contributed by atoms with van der Waals surface area (Å²) in [5.74, 6) is -0.434. The lowest BCUT2D eigenvalue weighted by Gasteiger charge is -2.18. The number of nitrogens with one attached hydrogen (secondary N) is 1. The lowest BCUT2D eigenvalue weighted by atomic mass is 10.2. The number of pyridine rings is 1. The monoisotopic (exact) mass is 257 g/mol. The molecule has 0 fully saturated rings. The maximum atomic E-state index is 12.2. The van der Waals surface area contributed by atoms with Crippen LogP contribution in [0, 0.1) is 0 Å². The molecule has 4 nitrogen and oxygen atoms in total. The second kappa shape index (κ2) is 6.88. The fourth-order valence-electron chi connectivity index (χ4n) is 1.48. The number of rotatable bonds is 6. The molecule has 18 heavy (non-hydrogen) atoms. The van der Waals surface area contributed by atoms with Crippen LogP contribution in [0.15, 0.2) is 18.5 Å². The molecule has 0 atom stereocenters. The summed E-state index contributed by atoms with van der Waals surface area (Å²) in [6.07, 6.45) is 1.36. The third-order valence-electron chi connectivity index (χ3n) is 2.38. The largest absolute Gasteiger partial charge is 0.383 e. The summed E-state index contributed by atoms with van der Waals surface area (Å²) in [6, 6.07) is 1.53. The highest BCUT2D eigenvalue weighted by molar-refractivity contribution is 5.99. The Morgan fingerprint density at radius 2 is 2.28 bits per heavy atom. The van der Waals surface area contributed by atoms with Crippen LogP contribution in [0.2, 0.25) is 0 Å². The Kier molecular flexibility index (Phi) is 5.48. The smallest absolute Gasteiger partial charge is 0.256 e. The van der Waals surface area contributed by atoms with E-state index in [0.29, 0.717) is 17.8 Å². The molecule has 0 unspecified atom stereocenters. The molecule has 0 aliphatic carbocycles. The molecule has 0 spiro atoms. The molecule has 0 saturated carbocycles. The van der Waals surface area contributed by atoms with E-state index in [1.807, 2.05) is 6.92 Å². The first kappa shape index (κ1) is 14.3. The predicted octanol–water partition coefficient (Wildman–Crippen LogP) is 2.24. The normalized spacial score (nSPS) is 10.5. The zero-order valence-corrected chi connectivity index (χ0v) is 10.5. The molecule has 0 bridgehead atoms. The second-order valence-corrected chi connectivity index (χ2v) is 3.92. The van der Waals surface area contributed by atoms with Gasteiger partial charge in [-0.15, -0.1) is 0 Å². The summed E-state index contributed by atoms with van der Waals surface area (Å²) >= 11 is 0. The van der Waals surface area contributed by atoms with Gasteiger partial charge in [0.2, 0.25) is 0 Å². The first-order valence-electron chi connectivity index (χ1n) is 5.77. The van der Waals surface area contributed by atoms with E-state index in [-0.39, 0.29) is 0 Å². The number of nitrogens with zero attached hydrogens (tertiary/aromatic N) is 2. The summed E-state index contributed by atoms with van der Waals surface area (Å²) < 4.78 is 24.5. The Hall–Kier alpha value is -1.72.